The van der Waals surface area contributed by atoms with Gasteiger partial charge in [0.05, 0.1) is 6.61 Å². The first kappa shape index (κ1) is 20.4. The number of rotatable bonds is 10. The summed E-state index contributed by atoms with van der Waals surface area (Å²) in [6, 6.07) is 6.77. The predicted molar refractivity (Wildman–Crippen MR) is 91.4 cm³/mol. The van der Waals surface area contributed by atoms with Gasteiger partial charge in [0.2, 0.25) is 0 Å². The van der Waals surface area contributed by atoms with Crippen LogP contribution in [0.2, 0.25) is 0 Å². The fourth-order valence-electron chi connectivity index (χ4n) is 2.06. The van der Waals surface area contributed by atoms with Crippen molar-refractivity contribution in [3.8, 4) is 5.75 Å². The van der Waals surface area contributed by atoms with Crippen LogP contribution in [0.1, 0.15) is 38.7 Å². The molecule has 7 heteroatoms. The first-order chi connectivity index (χ1) is 11.3. The van der Waals surface area contributed by atoms with Crippen molar-refractivity contribution in [1.82, 2.24) is 0 Å². The van der Waals surface area contributed by atoms with Crippen molar-refractivity contribution >= 4 is 19.3 Å². The normalized spacial score (nSPS) is 13.1. The topological polar surface area (TPSA) is 78.9 Å². The maximum Gasteiger partial charge on any atom is 0.308 e. The molecular weight excluding hydrogens is 331 g/mol. The zero-order valence-corrected chi connectivity index (χ0v) is 15.3. The van der Waals surface area contributed by atoms with Crippen LogP contribution < -0.4 is 4.74 Å². The molecule has 0 aromatic heterocycles. The summed E-state index contributed by atoms with van der Waals surface area (Å²) in [7, 11) is -2.52. The highest BCUT2D eigenvalue weighted by atomic mass is 31.2. The van der Waals surface area contributed by atoms with E-state index < -0.39 is 7.37 Å². The first-order valence-corrected chi connectivity index (χ1v) is 10.2. The minimum atomic E-state index is -2.52. The Labute approximate surface area is 142 Å². The lowest BCUT2D eigenvalue weighted by atomic mass is 10.2. The van der Waals surface area contributed by atoms with Crippen LogP contribution in [0.4, 0.5) is 0 Å². The molecule has 134 valence electrons. The third-order valence-electron chi connectivity index (χ3n) is 3.18. The summed E-state index contributed by atoms with van der Waals surface area (Å²) in [5.74, 6) is -0.215. The summed E-state index contributed by atoms with van der Waals surface area (Å²) in [4.78, 5) is 22.5. The molecule has 0 heterocycles. The fraction of sp³-hybridized carbons (Fsp3) is 0.529. The average molecular weight is 356 g/mol. The Morgan fingerprint density at radius 3 is 2.38 bits per heavy atom. The highest BCUT2D eigenvalue weighted by Crippen LogP contribution is 2.43. The van der Waals surface area contributed by atoms with E-state index in [2.05, 4.69) is 0 Å². The summed E-state index contributed by atoms with van der Waals surface area (Å²) in [6.45, 7) is 5.37. The van der Waals surface area contributed by atoms with Gasteiger partial charge >= 0.3 is 11.9 Å². The molecule has 24 heavy (non-hydrogen) atoms. The largest absolute Gasteiger partial charge is 0.461 e. The van der Waals surface area contributed by atoms with Crippen molar-refractivity contribution in [3.05, 3.63) is 29.8 Å². The molecule has 0 aliphatic heterocycles. The van der Waals surface area contributed by atoms with Gasteiger partial charge in [-0.3, -0.25) is 14.2 Å². The van der Waals surface area contributed by atoms with Gasteiger partial charge in [-0.2, -0.15) is 0 Å². The van der Waals surface area contributed by atoms with Gasteiger partial charge in [-0.25, -0.2) is 0 Å². The first-order valence-electron chi connectivity index (χ1n) is 7.96. The molecule has 1 unspecified atom stereocenters. The maximum atomic E-state index is 11.9. The van der Waals surface area contributed by atoms with Crippen LogP contribution >= 0.6 is 7.37 Å². The third kappa shape index (κ3) is 8.85. The Kier molecular flexibility index (Phi) is 8.72. The zero-order chi connectivity index (χ0) is 18.0. The van der Waals surface area contributed by atoms with Crippen LogP contribution in [0.5, 0.6) is 5.75 Å². The Balaban J connectivity index is 2.24. The quantitative estimate of drug-likeness (QED) is 0.275. The number of ether oxygens (including phenoxy) is 2. The van der Waals surface area contributed by atoms with Gasteiger partial charge in [0, 0.05) is 26.2 Å². The minimum Gasteiger partial charge on any atom is -0.461 e. The van der Waals surface area contributed by atoms with Crippen molar-refractivity contribution in [3.63, 3.8) is 0 Å². The second-order valence-corrected chi connectivity index (χ2v) is 8.24. The number of unbranched alkanes of at least 4 members (excludes halogenated alkanes) is 1. The number of carbonyl (C=O) groups excluding carboxylic acids is 2. The zero-order valence-electron chi connectivity index (χ0n) is 14.4. The molecule has 1 aromatic rings. The molecule has 0 amide bonds. The number of esters is 2. The van der Waals surface area contributed by atoms with Gasteiger partial charge < -0.3 is 14.0 Å². The number of benzene rings is 1. The molecule has 0 aliphatic carbocycles. The maximum absolute atomic E-state index is 11.9. The van der Waals surface area contributed by atoms with Gasteiger partial charge in [-0.05, 0) is 37.5 Å². The molecule has 1 aromatic carbocycles. The third-order valence-corrected chi connectivity index (χ3v) is 5.12. The number of hydrogen-bond donors (Lipinski definition) is 0. The lowest BCUT2D eigenvalue weighted by molar-refractivity contribution is -0.145. The lowest BCUT2D eigenvalue weighted by Crippen LogP contribution is -2.05. The predicted octanol–water partition coefficient (Wildman–Crippen LogP) is 3.77. The van der Waals surface area contributed by atoms with E-state index in [0.29, 0.717) is 31.4 Å². The van der Waals surface area contributed by atoms with E-state index in [1.54, 1.807) is 30.9 Å². The van der Waals surface area contributed by atoms with Crippen molar-refractivity contribution < 1.29 is 28.2 Å². The second-order valence-electron chi connectivity index (χ2n) is 5.51. The summed E-state index contributed by atoms with van der Waals surface area (Å²) in [5, 5.41) is 0. The molecule has 0 spiro atoms. The Morgan fingerprint density at radius 1 is 1.12 bits per heavy atom. The highest BCUT2D eigenvalue weighted by molar-refractivity contribution is 7.58. The second kappa shape index (κ2) is 10.3. The van der Waals surface area contributed by atoms with E-state index in [9.17, 15) is 14.2 Å². The Morgan fingerprint density at radius 2 is 1.79 bits per heavy atom. The number of carbonyl (C=O) groups is 2. The van der Waals surface area contributed by atoms with Crippen molar-refractivity contribution in [2.75, 3.05) is 19.4 Å². The van der Waals surface area contributed by atoms with Crippen LogP contribution in [0.15, 0.2) is 24.3 Å². The molecule has 6 nitrogen and oxygen atoms in total. The van der Waals surface area contributed by atoms with Crippen LogP contribution in [0, 0.1) is 0 Å². The minimum absolute atomic E-state index is 0.171. The smallest absolute Gasteiger partial charge is 0.308 e. The highest BCUT2D eigenvalue weighted by Gasteiger charge is 2.14. The lowest BCUT2D eigenvalue weighted by Gasteiger charge is -2.11. The van der Waals surface area contributed by atoms with Crippen molar-refractivity contribution in [1.29, 1.82) is 0 Å². The van der Waals surface area contributed by atoms with E-state index in [4.69, 9.17) is 14.0 Å². The van der Waals surface area contributed by atoms with Gasteiger partial charge in [0.15, 0.2) is 7.37 Å². The van der Waals surface area contributed by atoms with Crippen LogP contribution in [0.25, 0.3) is 0 Å². The Bertz CT molecular complexity index is 581. The van der Waals surface area contributed by atoms with Crippen LogP contribution in [-0.2, 0) is 30.0 Å². The summed E-state index contributed by atoms with van der Waals surface area (Å²) in [5.41, 5.74) is 0.814. The van der Waals surface area contributed by atoms with Gasteiger partial charge in [0.25, 0.3) is 0 Å². The van der Waals surface area contributed by atoms with E-state index in [1.165, 1.54) is 6.92 Å². The van der Waals surface area contributed by atoms with Gasteiger partial charge in [-0.1, -0.05) is 12.1 Å². The summed E-state index contributed by atoms with van der Waals surface area (Å²) >= 11 is 0. The molecule has 0 bridgehead atoms. The van der Waals surface area contributed by atoms with Gasteiger partial charge in [0.1, 0.15) is 12.4 Å². The van der Waals surface area contributed by atoms with Crippen molar-refractivity contribution in [2.24, 2.45) is 0 Å². The van der Waals surface area contributed by atoms with E-state index in [-0.39, 0.29) is 25.0 Å². The fourth-order valence-corrected chi connectivity index (χ4v) is 3.53. The standard InChI is InChI=1S/C17H25O6P/c1-4-22-24(3,20)12-6-5-7-17(19)21-13-15-8-10-16(11-9-15)23-14(2)18/h8-11H,4-7,12-13H2,1-3H3. The van der Waals surface area contributed by atoms with Gasteiger partial charge in [-0.15, -0.1) is 0 Å². The van der Waals surface area contributed by atoms with E-state index in [1.807, 2.05) is 6.92 Å². The molecule has 0 saturated carbocycles. The van der Waals surface area contributed by atoms with Crippen LogP contribution in [0.3, 0.4) is 0 Å². The van der Waals surface area contributed by atoms with E-state index >= 15 is 0 Å². The molecule has 0 fully saturated rings. The monoisotopic (exact) mass is 356 g/mol. The summed E-state index contributed by atoms with van der Waals surface area (Å²) < 4.78 is 27.2. The average Bonchev–Trinajstić information content (AvgIpc) is 2.50. The molecule has 0 radical (unpaired) electrons. The molecular formula is C17H25O6P. The molecule has 1 rings (SSSR count). The molecule has 0 aliphatic rings. The molecule has 1 atom stereocenters. The molecule has 0 saturated heterocycles. The van der Waals surface area contributed by atoms with E-state index in [0.717, 1.165) is 5.56 Å². The van der Waals surface area contributed by atoms with Crippen LogP contribution in [-0.4, -0.2) is 31.4 Å². The SMILES string of the molecule is CCOP(C)(=O)CCCCC(=O)OCc1ccc(OC(C)=O)cc1. The van der Waals surface area contributed by atoms with Crippen molar-refractivity contribution in [2.45, 2.75) is 39.7 Å². The molecule has 0 N–H and O–H groups in total. The number of hydrogen-bond acceptors (Lipinski definition) is 6. The summed E-state index contributed by atoms with van der Waals surface area (Å²) in [6.07, 6.45) is 2.05. The Hall–Kier alpha value is -1.65.